The molecule has 0 aromatic heterocycles. The van der Waals surface area contributed by atoms with Gasteiger partial charge in [-0.05, 0) is 13.0 Å². The van der Waals surface area contributed by atoms with Crippen LogP contribution in [0.25, 0.3) is 0 Å². The Hall–Kier alpha value is -1.43. The molecule has 2 rings (SSSR count). The molecule has 0 bridgehead atoms. The first-order chi connectivity index (χ1) is 7.27. The summed E-state index contributed by atoms with van der Waals surface area (Å²) in [6, 6.07) is 0. The van der Waals surface area contributed by atoms with Crippen LogP contribution in [0.1, 0.15) is 12.8 Å². The van der Waals surface area contributed by atoms with Gasteiger partial charge in [0.2, 0.25) is 5.91 Å². The number of rotatable bonds is 1. The van der Waals surface area contributed by atoms with Crippen LogP contribution >= 0.6 is 0 Å². The summed E-state index contributed by atoms with van der Waals surface area (Å²) >= 11 is 0. The van der Waals surface area contributed by atoms with Crippen LogP contribution in [-0.2, 0) is 9.59 Å². The lowest BCUT2D eigenvalue weighted by molar-refractivity contribution is -0.124. The molecule has 0 aromatic carbocycles. The fourth-order valence-electron chi connectivity index (χ4n) is 1.72. The Balaban J connectivity index is 1.97. The summed E-state index contributed by atoms with van der Waals surface area (Å²) in [5, 5.41) is 6.94. The minimum absolute atomic E-state index is 0.114. The van der Waals surface area contributed by atoms with Crippen molar-refractivity contribution in [3.63, 3.8) is 0 Å². The van der Waals surface area contributed by atoms with E-state index in [1.165, 1.54) is 0 Å². The van der Waals surface area contributed by atoms with Gasteiger partial charge >= 0.3 is 0 Å². The van der Waals surface area contributed by atoms with Crippen molar-refractivity contribution in [2.75, 3.05) is 26.2 Å². The predicted molar refractivity (Wildman–Crippen MR) is 54.3 cm³/mol. The number of nitrogens with zero attached hydrogens (tertiary/aromatic N) is 2. The van der Waals surface area contributed by atoms with Crippen molar-refractivity contribution < 1.29 is 9.59 Å². The van der Waals surface area contributed by atoms with E-state index < -0.39 is 0 Å². The zero-order valence-electron chi connectivity index (χ0n) is 8.45. The van der Waals surface area contributed by atoms with E-state index in [0.29, 0.717) is 12.3 Å². The Bertz CT molecular complexity index is 305. The zero-order valence-corrected chi connectivity index (χ0v) is 8.45. The summed E-state index contributed by atoms with van der Waals surface area (Å²) in [4.78, 5) is 24.5. The molecule has 0 aromatic rings. The number of carbonyl (C=O) groups excluding carboxylic acids is 2. The van der Waals surface area contributed by atoms with Gasteiger partial charge in [0, 0.05) is 19.6 Å². The molecule has 15 heavy (non-hydrogen) atoms. The quantitative estimate of drug-likeness (QED) is 0.564. The van der Waals surface area contributed by atoms with Crippen LogP contribution in [0.2, 0.25) is 0 Å². The van der Waals surface area contributed by atoms with Gasteiger partial charge in [0.25, 0.3) is 5.91 Å². The van der Waals surface area contributed by atoms with Crippen molar-refractivity contribution >= 4 is 17.5 Å². The van der Waals surface area contributed by atoms with Crippen molar-refractivity contribution in [1.82, 2.24) is 15.6 Å². The van der Waals surface area contributed by atoms with Crippen LogP contribution in [0, 0.1) is 0 Å². The molecular formula is C9H14N4O2. The highest BCUT2D eigenvalue weighted by molar-refractivity contribution is 6.43. The van der Waals surface area contributed by atoms with Gasteiger partial charge < -0.3 is 10.2 Å². The number of hydrogen-bond donors (Lipinski definition) is 2. The Morgan fingerprint density at radius 1 is 1.33 bits per heavy atom. The molecule has 2 aliphatic rings. The number of nitrogens with one attached hydrogen (secondary N) is 2. The Labute approximate surface area is 87.7 Å². The normalized spacial score (nSPS) is 22.0. The third kappa shape index (κ3) is 2.33. The van der Waals surface area contributed by atoms with Gasteiger partial charge in [-0.15, -0.1) is 0 Å². The minimum atomic E-state index is -0.203. The van der Waals surface area contributed by atoms with E-state index in [9.17, 15) is 9.59 Å². The first kappa shape index (κ1) is 10.1. The third-order valence-corrected chi connectivity index (χ3v) is 2.52. The molecule has 0 saturated carbocycles. The smallest absolute Gasteiger partial charge is 0.270 e. The van der Waals surface area contributed by atoms with Gasteiger partial charge in [0.1, 0.15) is 5.71 Å². The van der Waals surface area contributed by atoms with Crippen LogP contribution in [0.15, 0.2) is 5.10 Å². The van der Waals surface area contributed by atoms with Crippen molar-refractivity contribution in [3.8, 4) is 0 Å². The zero-order chi connectivity index (χ0) is 10.7. The lowest BCUT2D eigenvalue weighted by atomic mass is 10.2. The summed E-state index contributed by atoms with van der Waals surface area (Å²) < 4.78 is 0. The molecule has 82 valence electrons. The fraction of sp³-hybridized carbons (Fsp3) is 0.667. The molecule has 0 aliphatic carbocycles. The Morgan fingerprint density at radius 3 is 2.93 bits per heavy atom. The number of amides is 2. The third-order valence-electron chi connectivity index (χ3n) is 2.52. The maximum absolute atomic E-state index is 11.9. The van der Waals surface area contributed by atoms with E-state index in [1.807, 2.05) is 0 Å². The summed E-state index contributed by atoms with van der Waals surface area (Å²) in [5.74, 6) is -0.316. The summed E-state index contributed by atoms with van der Waals surface area (Å²) in [6.45, 7) is 3.17. The van der Waals surface area contributed by atoms with E-state index in [1.54, 1.807) is 4.90 Å². The molecule has 2 N–H and O–H groups in total. The molecule has 2 aliphatic heterocycles. The van der Waals surface area contributed by atoms with E-state index in [0.717, 1.165) is 26.1 Å². The highest BCUT2D eigenvalue weighted by atomic mass is 16.2. The number of hydrazone groups is 1. The summed E-state index contributed by atoms with van der Waals surface area (Å²) in [7, 11) is 0. The molecule has 2 heterocycles. The van der Waals surface area contributed by atoms with E-state index in [2.05, 4.69) is 15.8 Å². The number of carbonyl (C=O) groups is 2. The Morgan fingerprint density at radius 2 is 2.20 bits per heavy atom. The second-order valence-corrected chi connectivity index (χ2v) is 3.67. The van der Waals surface area contributed by atoms with Gasteiger partial charge in [0.15, 0.2) is 0 Å². The molecular weight excluding hydrogens is 196 g/mol. The monoisotopic (exact) mass is 210 g/mol. The van der Waals surface area contributed by atoms with E-state index in [4.69, 9.17) is 0 Å². The standard InChI is InChI=1S/C9H14N4O2/c14-8-6-7(11-12-8)9(15)13-4-1-2-10-3-5-13/h10H,1-6H2,(H,12,14). The number of hydrogen-bond acceptors (Lipinski definition) is 4. The average molecular weight is 210 g/mol. The second kappa shape index (κ2) is 4.39. The van der Waals surface area contributed by atoms with Crippen molar-refractivity contribution in [2.24, 2.45) is 5.10 Å². The minimum Gasteiger partial charge on any atom is -0.336 e. The second-order valence-electron chi connectivity index (χ2n) is 3.67. The van der Waals surface area contributed by atoms with E-state index in [-0.39, 0.29) is 18.2 Å². The highest BCUT2D eigenvalue weighted by Gasteiger charge is 2.26. The molecule has 0 atom stereocenters. The predicted octanol–water partition coefficient (Wildman–Crippen LogP) is -1.32. The topological polar surface area (TPSA) is 73.8 Å². The van der Waals surface area contributed by atoms with Crippen molar-refractivity contribution in [3.05, 3.63) is 0 Å². The van der Waals surface area contributed by atoms with Crippen molar-refractivity contribution in [2.45, 2.75) is 12.8 Å². The maximum Gasteiger partial charge on any atom is 0.270 e. The van der Waals surface area contributed by atoms with Crippen LogP contribution in [-0.4, -0.2) is 48.6 Å². The van der Waals surface area contributed by atoms with Gasteiger partial charge in [-0.3, -0.25) is 9.59 Å². The summed E-state index contributed by atoms with van der Waals surface area (Å²) in [6.07, 6.45) is 1.06. The molecule has 1 saturated heterocycles. The first-order valence-electron chi connectivity index (χ1n) is 5.13. The van der Waals surface area contributed by atoms with Crippen LogP contribution in [0.4, 0.5) is 0 Å². The molecule has 6 nitrogen and oxygen atoms in total. The fourth-order valence-corrected chi connectivity index (χ4v) is 1.72. The molecule has 2 amide bonds. The van der Waals surface area contributed by atoms with Gasteiger partial charge in [-0.2, -0.15) is 5.10 Å². The van der Waals surface area contributed by atoms with E-state index >= 15 is 0 Å². The van der Waals surface area contributed by atoms with Crippen LogP contribution in [0.3, 0.4) is 0 Å². The van der Waals surface area contributed by atoms with Crippen LogP contribution < -0.4 is 10.7 Å². The van der Waals surface area contributed by atoms with Gasteiger partial charge in [0.05, 0.1) is 6.42 Å². The van der Waals surface area contributed by atoms with Gasteiger partial charge in [-0.25, -0.2) is 5.43 Å². The molecule has 0 unspecified atom stereocenters. The largest absolute Gasteiger partial charge is 0.336 e. The van der Waals surface area contributed by atoms with Crippen LogP contribution in [0.5, 0.6) is 0 Å². The van der Waals surface area contributed by atoms with Crippen molar-refractivity contribution in [1.29, 1.82) is 0 Å². The summed E-state index contributed by atoms with van der Waals surface area (Å²) in [5.41, 5.74) is 2.63. The molecule has 0 spiro atoms. The highest BCUT2D eigenvalue weighted by Crippen LogP contribution is 2.03. The maximum atomic E-state index is 11.9. The first-order valence-corrected chi connectivity index (χ1v) is 5.13. The lowest BCUT2D eigenvalue weighted by Crippen LogP contribution is -2.38. The van der Waals surface area contributed by atoms with Gasteiger partial charge in [-0.1, -0.05) is 0 Å². The lowest BCUT2D eigenvalue weighted by Gasteiger charge is -2.18. The molecule has 6 heteroatoms. The average Bonchev–Trinajstić information content (AvgIpc) is 2.53. The SMILES string of the molecule is O=C1CC(C(=O)N2CCCNCC2)=NN1. The molecule has 1 fully saturated rings. The molecule has 0 radical (unpaired) electrons. The Kier molecular flexibility index (Phi) is 2.96.